The average molecular weight is 293 g/mol. The highest BCUT2D eigenvalue weighted by Crippen LogP contribution is 2.29. The Balaban J connectivity index is 1.82. The second-order valence-corrected chi connectivity index (χ2v) is 7.93. The molecule has 0 unspecified atom stereocenters. The second-order valence-electron chi connectivity index (χ2n) is 6.64. The van der Waals surface area contributed by atoms with Gasteiger partial charge in [-0.3, -0.25) is 0 Å². The van der Waals surface area contributed by atoms with Gasteiger partial charge in [0.1, 0.15) is 5.82 Å². The van der Waals surface area contributed by atoms with Gasteiger partial charge in [-0.15, -0.1) is 0 Å². The van der Waals surface area contributed by atoms with Crippen molar-refractivity contribution < 1.29 is 0 Å². The molecule has 1 aliphatic carbocycles. The number of hydrogen-bond acceptors (Lipinski definition) is 4. The van der Waals surface area contributed by atoms with Gasteiger partial charge >= 0.3 is 0 Å². The fraction of sp³-hybridized carbons (Fsp3) is 0.750. The predicted molar refractivity (Wildman–Crippen MR) is 86.8 cm³/mol. The molecule has 3 nitrogen and oxygen atoms in total. The molecule has 1 aromatic rings. The van der Waals surface area contributed by atoms with Crippen molar-refractivity contribution in [2.24, 2.45) is 0 Å². The SMILES string of the molecule is CC(C)(C)NCc1ccnc(CSC2CCCCC2)n1. The molecule has 20 heavy (non-hydrogen) atoms. The first-order valence-electron chi connectivity index (χ1n) is 7.70. The first-order chi connectivity index (χ1) is 9.53. The van der Waals surface area contributed by atoms with Gasteiger partial charge < -0.3 is 5.32 Å². The summed E-state index contributed by atoms with van der Waals surface area (Å²) < 4.78 is 0. The fourth-order valence-corrected chi connectivity index (χ4v) is 3.58. The number of nitrogens with one attached hydrogen (secondary N) is 1. The van der Waals surface area contributed by atoms with Crippen LogP contribution in [0.3, 0.4) is 0 Å². The van der Waals surface area contributed by atoms with E-state index in [2.05, 4.69) is 36.1 Å². The van der Waals surface area contributed by atoms with Crippen molar-refractivity contribution in [2.75, 3.05) is 0 Å². The molecule has 4 heteroatoms. The van der Waals surface area contributed by atoms with Gasteiger partial charge in [0.05, 0.1) is 11.4 Å². The van der Waals surface area contributed by atoms with Crippen molar-refractivity contribution in [1.29, 1.82) is 0 Å². The zero-order chi connectivity index (χ0) is 14.4. The summed E-state index contributed by atoms with van der Waals surface area (Å²) in [6.07, 6.45) is 8.85. The van der Waals surface area contributed by atoms with Gasteiger partial charge in [-0.2, -0.15) is 11.8 Å². The number of rotatable bonds is 5. The van der Waals surface area contributed by atoms with E-state index in [9.17, 15) is 0 Å². The number of hydrogen-bond donors (Lipinski definition) is 1. The predicted octanol–water partition coefficient (Wildman–Crippen LogP) is 3.93. The molecular weight excluding hydrogens is 266 g/mol. The lowest BCUT2D eigenvalue weighted by Crippen LogP contribution is -2.35. The molecule has 2 rings (SSSR count). The van der Waals surface area contributed by atoms with Crippen molar-refractivity contribution in [3.05, 3.63) is 23.8 Å². The smallest absolute Gasteiger partial charge is 0.138 e. The van der Waals surface area contributed by atoms with Crippen molar-refractivity contribution in [3.63, 3.8) is 0 Å². The normalized spacial score (nSPS) is 17.4. The molecule has 1 heterocycles. The molecule has 0 atom stereocenters. The Hall–Kier alpha value is -0.610. The van der Waals surface area contributed by atoms with E-state index >= 15 is 0 Å². The molecule has 1 saturated carbocycles. The van der Waals surface area contributed by atoms with Gasteiger partial charge in [0.15, 0.2) is 0 Å². The molecule has 1 aromatic heterocycles. The maximum atomic E-state index is 4.67. The van der Waals surface area contributed by atoms with E-state index in [1.165, 1.54) is 32.1 Å². The summed E-state index contributed by atoms with van der Waals surface area (Å²) in [5, 5.41) is 4.30. The van der Waals surface area contributed by atoms with Crippen LogP contribution >= 0.6 is 11.8 Å². The summed E-state index contributed by atoms with van der Waals surface area (Å²) in [4.78, 5) is 9.07. The Morgan fingerprint density at radius 2 is 2.00 bits per heavy atom. The molecule has 112 valence electrons. The van der Waals surface area contributed by atoms with Gasteiger partial charge in [0.25, 0.3) is 0 Å². The van der Waals surface area contributed by atoms with Gasteiger partial charge in [0, 0.05) is 23.5 Å². The fourth-order valence-electron chi connectivity index (χ4n) is 2.39. The minimum absolute atomic E-state index is 0.127. The first-order valence-corrected chi connectivity index (χ1v) is 8.75. The van der Waals surface area contributed by atoms with E-state index in [0.717, 1.165) is 29.1 Å². The molecule has 1 fully saturated rings. The Kier molecular flexibility index (Phi) is 5.85. The zero-order valence-electron chi connectivity index (χ0n) is 13.0. The highest BCUT2D eigenvalue weighted by molar-refractivity contribution is 7.99. The lowest BCUT2D eigenvalue weighted by Gasteiger charge is -2.21. The molecule has 1 aliphatic rings. The van der Waals surface area contributed by atoms with E-state index in [1.54, 1.807) is 0 Å². The van der Waals surface area contributed by atoms with E-state index < -0.39 is 0 Å². The zero-order valence-corrected chi connectivity index (χ0v) is 13.8. The Bertz CT molecular complexity index is 408. The van der Waals surface area contributed by atoms with Crippen LogP contribution in [-0.4, -0.2) is 20.8 Å². The van der Waals surface area contributed by atoms with Crippen molar-refractivity contribution in [1.82, 2.24) is 15.3 Å². The molecule has 0 aromatic carbocycles. The largest absolute Gasteiger partial charge is 0.306 e. The Morgan fingerprint density at radius 3 is 2.70 bits per heavy atom. The summed E-state index contributed by atoms with van der Waals surface area (Å²) >= 11 is 2.04. The molecule has 0 spiro atoms. The molecule has 0 amide bonds. The van der Waals surface area contributed by atoms with Gasteiger partial charge in [-0.25, -0.2) is 9.97 Å². The van der Waals surface area contributed by atoms with Crippen LogP contribution in [0, 0.1) is 0 Å². The standard InChI is InChI=1S/C16H27N3S/c1-16(2,3)18-11-13-9-10-17-15(19-13)12-20-14-7-5-4-6-8-14/h9-10,14,18H,4-8,11-12H2,1-3H3. The van der Waals surface area contributed by atoms with Crippen LogP contribution in [0.1, 0.15) is 64.4 Å². The summed E-state index contributed by atoms with van der Waals surface area (Å²) in [5.74, 6) is 1.93. The van der Waals surface area contributed by atoms with Crippen LogP contribution < -0.4 is 5.32 Å². The lowest BCUT2D eigenvalue weighted by molar-refractivity contribution is 0.421. The van der Waals surface area contributed by atoms with Crippen LogP contribution in [-0.2, 0) is 12.3 Å². The molecule has 0 bridgehead atoms. The third-order valence-corrected chi connectivity index (χ3v) is 4.93. The lowest BCUT2D eigenvalue weighted by atomic mass is 10.0. The highest BCUT2D eigenvalue weighted by Gasteiger charge is 2.14. The average Bonchev–Trinajstić information content (AvgIpc) is 2.44. The van der Waals surface area contributed by atoms with E-state index in [4.69, 9.17) is 0 Å². The summed E-state index contributed by atoms with van der Waals surface area (Å²) in [6, 6.07) is 2.01. The van der Waals surface area contributed by atoms with E-state index in [0.29, 0.717) is 0 Å². The highest BCUT2D eigenvalue weighted by atomic mass is 32.2. The second kappa shape index (κ2) is 7.41. The Morgan fingerprint density at radius 1 is 1.25 bits per heavy atom. The maximum absolute atomic E-state index is 4.67. The quantitative estimate of drug-likeness (QED) is 0.892. The number of thioether (sulfide) groups is 1. The van der Waals surface area contributed by atoms with Crippen molar-refractivity contribution >= 4 is 11.8 Å². The van der Waals surface area contributed by atoms with Gasteiger partial charge in [-0.1, -0.05) is 19.3 Å². The summed E-state index contributed by atoms with van der Waals surface area (Å²) in [7, 11) is 0. The third kappa shape index (κ3) is 5.80. The van der Waals surface area contributed by atoms with E-state index in [-0.39, 0.29) is 5.54 Å². The monoisotopic (exact) mass is 293 g/mol. The maximum Gasteiger partial charge on any atom is 0.138 e. The summed E-state index contributed by atoms with van der Waals surface area (Å²) in [5.41, 5.74) is 1.22. The van der Waals surface area contributed by atoms with Crippen LogP contribution in [0.4, 0.5) is 0 Å². The number of aromatic nitrogens is 2. The Labute approximate surface area is 127 Å². The minimum atomic E-state index is 0.127. The number of nitrogens with zero attached hydrogens (tertiary/aromatic N) is 2. The van der Waals surface area contributed by atoms with Crippen molar-refractivity contribution in [3.8, 4) is 0 Å². The van der Waals surface area contributed by atoms with Crippen LogP contribution in [0.5, 0.6) is 0 Å². The van der Waals surface area contributed by atoms with Crippen molar-refractivity contribution in [2.45, 2.75) is 76.0 Å². The van der Waals surface area contributed by atoms with Crippen LogP contribution in [0.15, 0.2) is 12.3 Å². The molecule has 0 radical (unpaired) electrons. The van der Waals surface area contributed by atoms with Crippen LogP contribution in [0.25, 0.3) is 0 Å². The van der Waals surface area contributed by atoms with Crippen LogP contribution in [0.2, 0.25) is 0 Å². The first kappa shape index (κ1) is 15.8. The molecule has 1 N–H and O–H groups in total. The van der Waals surface area contributed by atoms with Gasteiger partial charge in [0.2, 0.25) is 0 Å². The molecule has 0 saturated heterocycles. The molecule has 0 aliphatic heterocycles. The van der Waals surface area contributed by atoms with E-state index in [1.807, 2.05) is 24.0 Å². The minimum Gasteiger partial charge on any atom is -0.306 e. The molecular formula is C16H27N3S. The summed E-state index contributed by atoms with van der Waals surface area (Å²) in [6.45, 7) is 7.34. The third-order valence-electron chi connectivity index (χ3n) is 3.56. The van der Waals surface area contributed by atoms with Gasteiger partial charge in [-0.05, 0) is 39.7 Å². The topological polar surface area (TPSA) is 37.8 Å².